The number of rotatable bonds is 3. The fraction of sp³-hybridized carbons (Fsp3) is 0.226. The zero-order valence-electron chi connectivity index (χ0n) is 19.8. The van der Waals surface area contributed by atoms with E-state index >= 15 is 0 Å². The minimum atomic E-state index is 0.341. The highest BCUT2D eigenvalue weighted by atomic mass is 32.2. The third kappa shape index (κ3) is 4.00. The van der Waals surface area contributed by atoms with Crippen LogP contribution in [0.5, 0.6) is 0 Å². The van der Waals surface area contributed by atoms with Crippen LogP contribution in [0.3, 0.4) is 0 Å². The van der Waals surface area contributed by atoms with Crippen LogP contribution in [0.15, 0.2) is 108 Å². The van der Waals surface area contributed by atoms with Crippen molar-refractivity contribution in [2.24, 2.45) is 5.92 Å². The maximum atomic E-state index is 9.69. The summed E-state index contributed by atoms with van der Waals surface area (Å²) < 4.78 is 0. The smallest absolute Gasteiger partial charge is 0.101 e. The van der Waals surface area contributed by atoms with Crippen molar-refractivity contribution in [1.82, 2.24) is 9.88 Å². The van der Waals surface area contributed by atoms with Crippen LogP contribution < -0.4 is 0 Å². The summed E-state index contributed by atoms with van der Waals surface area (Å²) in [6.45, 7) is 2.31. The average molecular weight is 474 g/mol. The molecule has 0 bridgehead atoms. The zero-order valence-corrected chi connectivity index (χ0v) is 20.6. The minimum Gasteiger partial charge on any atom is -0.339 e. The fourth-order valence-electron chi connectivity index (χ4n) is 5.51. The second-order valence-electron chi connectivity index (χ2n) is 9.48. The quantitative estimate of drug-likeness (QED) is 0.466. The molecular formula is C31H27N3S. The normalized spacial score (nSPS) is 24.9. The van der Waals surface area contributed by atoms with Gasteiger partial charge in [-0.05, 0) is 54.0 Å². The van der Waals surface area contributed by atoms with E-state index in [1.165, 1.54) is 27.4 Å². The van der Waals surface area contributed by atoms with E-state index in [0.717, 1.165) is 30.4 Å². The van der Waals surface area contributed by atoms with E-state index in [0.29, 0.717) is 22.8 Å². The first kappa shape index (κ1) is 21.9. The molecule has 0 amide bonds. The van der Waals surface area contributed by atoms with E-state index in [1.54, 1.807) is 12.4 Å². The molecule has 0 fully saturated rings. The van der Waals surface area contributed by atoms with Gasteiger partial charge in [0.25, 0.3) is 0 Å². The van der Waals surface area contributed by atoms with E-state index in [1.807, 2.05) is 23.9 Å². The molecule has 3 nitrogen and oxygen atoms in total. The second kappa shape index (κ2) is 9.24. The summed E-state index contributed by atoms with van der Waals surface area (Å²) in [4.78, 5) is 8.21. The lowest BCUT2D eigenvalue weighted by molar-refractivity contribution is 0.327. The maximum absolute atomic E-state index is 9.69. The van der Waals surface area contributed by atoms with Crippen molar-refractivity contribution < 1.29 is 0 Å². The highest BCUT2D eigenvalue weighted by Crippen LogP contribution is 2.47. The number of hydrogen-bond acceptors (Lipinski definition) is 4. The van der Waals surface area contributed by atoms with Gasteiger partial charge in [0.05, 0.1) is 16.9 Å². The monoisotopic (exact) mass is 473 g/mol. The molecule has 2 heterocycles. The average Bonchev–Trinajstić information content (AvgIpc) is 2.92. The zero-order chi connectivity index (χ0) is 23.8. The van der Waals surface area contributed by atoms with E-state index in [9.17, 15) is 5.26 Å². The largest absolute Gasteiger partial charge is 0.339 e. The van der Waals surface area contributed by atoms with Gasteiger partial charge in [0.1, 0.15) is 6.07 Å². The minimum absolute atomic E-state index is 0.341. The van der Waals surface area contributed by atoms with Gasteiger partial charge in [-0.2, -0.15) is 5.26 Å². The first-order valence-corrected chi connectivity index (χ1v) is 13.2. The Morgan fingerprint density at radius 1 is 1.06 bits per heavy atom. The summed E-state index contributed by atoms with van der Waals surface area (Å²) in [6.07, 6.45) is 25.1. The van der Waals surface area contributed by atoms with Crippen LogP contribution in [0.4, 0.5) is 0 Å². The van der Waals surface area contributed by atoms with E-state index in [-0.39, 0.29) is 0 Å². The molecular weight excluding hydrogens is 446 g/mol. The van der Waals surface area contributed by atoms with Gasteiger partial charge in [-0.15, -0.1) is 11.8 Å². The van der Waals surface area contributed by atoms with Crippen LogP contribution in [0.2, 0.25) is 0 Å². The van der Waals surface area contributed by atoms with Crippen molar-refractivity contribution in [2.45, 2.75) is 37.5 Å². The van der Waals surface area contributed by atoms with Gasteiger partial charge in [0.2, 0.25) is 0 Å². The topological polar surface area (TPSA) is 39.9 Å². The Kier molecular flexibility index (Phi) is 5.80. The second-order valence-corrected chi connectivity index (χ2v) is 10.7. The molecule has 4 heteroatoms. The van der Waals surface area contributed by atoms with Gasteiger partial charge in [-0.1, -0.05) is 73.7 Å². The van der Waals surface area contributed by atoms with Crippen molar-refractivity contribution in [3.63, 3.8) is 0 Å². The first-order chi connectivity index (χ1) is 17.2. The fourth-order valence-corrected chi connectivity index (χ4v) is 6.80. The van der Waals surface area contributed by atoms with E-state index < -0.39 is 0 Å². The highest BCUT2D eigenvalue weighted by molar-refractivity contribution is 8.04. The van der Waals surface area contributed by atoms with Crippen LogP contribution >= 0.6 is 11.8 Å². The van der Waals surface area contributed by atoms with Crippen molar-refractivity contribution in [3.05, 3.63) is 119 Å². The SMILES string of the molecule is C[C@@H]1C=CC2=C(C1)N(C1=CC(c3ccccc3-c3ccncc3C#N)=CCC1)C1C=CC=CC1S2. The summed E-state index contributed by atoms with van der Waals surface area (Å²) in [6, 6.07) is 13.0. The molecule has 0 saturated heterocycles. The molecule has 172 valence electrons. The lowest BCUT2D eigenvalue weighted by Crippen LogP contribution is -2.44. The third-order valence-corrected chi connectivity index (χ3v) is 8.48. The summed E-state index contributed by atoms with van der Waals surface area (Å²) in [5.74, 6) is 0.549. The molecule has 2 aromatic rings. The van der Waals surface area contributed by atoms with Gasteiger partial charge < -0.3 is 4.90 Å². The lowest BCUT2D eigenvalue weighted by atomic mass is 9.88. The Morgan fingerprint density at radius 3 is 2.80 bits per heavy atom. The molecule has 0 saturated carbocycles. The Balaban J connectivity index is 1.44. The molecule has 1 aliphatic heterocycles. The van der Waals surface area contributed by atoms with Gasteiger partial charge in [0, 0.05) is 34.3 Å². The molecule has 35 heavy (non-hydrogen) atoms. The van der Waals surface area contributed by atoms with E-state index in [4.69, 9.17) is 0 Å². The molecule has 6 rings (SSSR count). The van der Waals surface area contributed by atoms with E-state index in [2.05, 4.69) is 89.7 Å². The molecule has 2 unspecified atom stereocenters. The number of allylic oxidation sites excluding steroid dienone is 9. The van der Waals surface area contributed by atoms with Crippen LogP contribution in [-0.4, -0.2) is 21.2 Å². The number of hydrogen-bond donors (Lipinski definition) is 0. The number of nitriles is 1. The third-order valence-electron chi connectivity index (χ3n) is 7.15. The van der Waals surface area contributed by atoms with Crippen LogP contribution in [0, 0.1) is 17.2 Å². The van der Waals surface area contributed by atoms with Crippen molar-refractivity contribution in [1.29, 1.82) is 5.26 Å². The summed E-state index contributed by atoms with van der Waals surface area (Å²) >= 11 is 2.00. The molecule has 0 spiro atoms. The lowest BCUT2D eigenvalue weighted by Gasteiger charge is -2.46. The van der Waals surface area contributed by atoms with Gasteiger partial charge in [-0.25, -0.2) is 0 Å². The number of aromatic nitrogens is 1. The molecule has 4 aliphatic rings. The first-order valence-electron chi connectivity index (χ1n) is 12.3. The number of thioether (sulfide) groups is 1. The Labute approximate surface area is 211 Å². The van der Waals surface area contributed by atoms with Crippen molar-refractivity contribution in [3.8, 4) is 17.2 Å². The Morgan fingerprint density at radius 2 is 1.91 bits per heavy atom. The summed E-state index contributed by atoms with van der Waals surface area (Å²) in [5.41, 5.74) is 7.87. The molecule has 3 atom stereocenters. The highest BCUT2D eigenvalue weighted by Gasteiger charge is 2.37. The van der Waals surface area contributed by atoms with Crippen LogP contribution in [-0.2, 0) is 0 Å². The summed E-state index contributed by atoms with van der Waals surface area (Å²) in [7, 11) is 0. The molecule has 0 N–H and O–H groups in total. The van der Waals surface area contributed by atoms with Crippen molar-refractivity contribution in [2.75, 3.05) is 0 Å². The molecule has 3 aliphatic carbocycles. The predicted octanol–water partition coefficient (Wildman–Crippen LogP) is 7.40. The van der Waals surface area contributed by atoms with Gasteiger partial charge in [-0.3, -0.25) is 4.98 Å². The van der Waals surface area contributed by atoms with Crippen LogP contribution in [0.1, 0.15) is 37.3 Å². The predicted molar refractivity (Wildman–Crippen MR) is 145 cm³/mol. The maximum Gasteiger partial charge on any atom is 0.101 e. The number of benzene rings is 1. The number of nitrogens with zero attached hydrogens (tertiary/aromatic N) is 3. The van der Waals surface area contributed by atoms with Gasteiger partial charge >= 0.3 is 0 Å². The molecule has 1 aromatic carbocycles. The standard InChI is InChI=1S/C31H27N3S/c1-21-13-14-31-29(17-21)34(28-11-4-5-12-30(28)35-31)24-8-6-7-22(18-24)25-9-2-3-10-27(25)26-15-16-33-20-23(26)19-32/h2-5,7,9-16,18,20-21,28,30H,6,8,17H2,1H3/t21-,28?,30?/m1/s1. The van der Waals surface area contributed by atoms with Crippen LogP contribution in [0.25, 0.3) is 16.7 Å². The summed E-state index contributed by atoms with van der Waals surface area (Å²) in [5, 5.41) is 10.1. The van der Waals surface area contributed by atoms with Crippen molar-refractivity contribution >= 4 is 17.3 Å². The number of pyridine rings is 1. The Hall–Kier alpha value is -3.55. The van der Waals surface area contributed by atoms with Gasteiger partial charge in [0.15, 0.2) is 0 Å². The molecule has 0 radical (unpaired) electrons. The molecule has 1 aromatic heterocycles. The number of fused-ring (bicyclic) bond motifs is 1. The Bertz CT molecular complexity index is 1400.